The average molecular weight is 197 g/mol. The van der Waals surface area contributed by atoms with E-state index in [0.717, 1.165) is 6.42 Å². The van der Waals surface area contributed by atoms with Crippen LogP contribution in [-0.2, 0) is 0 Å². The molecule has 0 saturated heterocycles. The molecule has 0 aliphatic rings. The first-order valence-corrected chi connectivity index (χ1v) is 4.65. The van der Waals surface area contributed by atoms with Gasteiger partial charge in [0.15, 0.2) is 5.69 Å². The Balaban J connectivity index is 2.78. The highest BCUT2D eigenvalue weighted by Gasteiger charge is 2.09. The molecule has 0 aromatic carbocycles. The van der Waals surface area contributed by atoms with Crippen LogP contribution in [0.4, 0.5) is 5.69 Å². The number of nitrogens with zero attached hydrogens (tertiary/aromatic N) is 2. The summed E-state index contributed by atoms with van der Waals surface area (Å²) in [6.07, 6.45) is 2.29. The quantitative estimate of drug-likeness (QED) is 0.769. The first kappa shape index (κ1) is 10.6. The summed E-state index contributed by atoms with van der Waals surface area (Å²) in [7, 11) is 0. The van der Waals surface area contributed by atoms with Crippen LogP contribution in [0.1, 0.15) is 20.3 Å². The minimum absolute atomic E-state index is 0.364. The smallest absolute Gasteiger partial charge is 0.244 e. The molecule has 1 heterocycles. The van der Waals surface area contributed by atoms with Gasteiger partial charge in [-0.2, -0.15) is 9.97 Å². The van der Waals surface area contributed by atoms with E-state index in [0.29, 0.717) is 30.7 Å². The van der Waals surface area contributed by atoms with Crippen LogP contribution in [-0.4, -0.2) is 23.2 Å². The molecule has 0 radical (unpaired) electrons. The molecular formula is C9H15N3O2. The minimum Gasteiger partial charge on any atom is -0.476 e. The third-order valence-electron chi connectivity index (χ3n) is 1.53. The first-order valence-electron chi connectivity index (χ1n) is 4.65. The van der Waals surface area contributed by atoms with Crippen LogP contribution in [0.3, 0.4) is 0 Å². The molecule has 0 amide bonds. The maximum atomic E-state index is 5.74. The third-order valence-corrected chi connectivity index (χ3v) is 1.53. The van der Waals surface area contributed by atoms with Gasteiger partial charge in [-0.1, -0.05) is 6.92 Å². The van der Waals surface area contributed by atoms with Gasteiger partial charge >= 0.3 is 0 Å². The molecule has 2 N–H and O–H groups in total. The first-order chi connectivity index (χ1) is 6.79. The lowest BCUT2D eigenvalue weighted by Gasteiger charge is -2.09. The molecule has 14 heavy (non-hydrogen) atoms. The Morgan fingerprint density at radius 3 is 2.43 bits per heavy atom. The highest BCUT2D eigenvalue weighted by molar-refractivity contribution is 5.55. The van der Waals surface area contributed by atoms with Crippen molar-refractivity contribution < 1.29 is 9.47 Å². The highest BCUT2D eigenvalue weighted by Crippen LogP contribution is 2.26. The van der Waals surface area contributed by atoms with E-state index in [4.69, 9.17) is 15.2 Å². The number of anilines is 1. The predicted octanol–water partition coefficient (Wildman–Crippen LogP) is 1.25. The molecule has 0 saturated carbocycles. The molecule has 1 aromatic rings. The van der Waals surface area contributed by atoms with Crippen molar-refractivity contribution in [2.45, 2.75) is 20.3 Å². The van der Waals surface area contributed by atoms with Crippen molar-refractivity contribution in [3.8, 4) is 11.8 Å². The lowest BCUT2D eigenvalue weighted by atomic mass is 10.5. The summed E-state index contributed by atoms with van der Waals surface area (Å²) < 4.78 is 10.5. The number of ether oxygens (including phenoxy) is 2. The molecule has 0 fully saturated rings. The predicted molar refractivity (Wildman–Crippen MR) is 53.4 cm³/mol. The molecule has 0 atom stereocenters. The second-order valence-corrected chi connectivity index (χ2v) is 2.68. The van der Waals surface area contributed by atoms with Gasteiger partial charge in [-0.05, 0) is 13.3 Å². The molecule has 0 spiro atoms. The maximum Gasteiger partial charge on any atom is 0.244 e. The van der Waals surface area contributed by atoms with E-state index in [2.05, 4.69) is 9.97 Å². The molecule has 0 unspecified atom stereocenters. The fourth-order valence-electron chi connectivity index (χ4n) is 0.930. The largest absolute Gasteiger partial charge is 0.476 e. The van der Waals surface area contributed by atoms with Gasteiger partial charge in [0.25, 0.3) is 0 Å². The van der Waals surface area contributed by atoms with Crippen LogP contribution in [0.5, 0.6) is 11.8 Å². The zero-order valence-electron chi connectivity index (χ0n) is 8.49. The van der Waals surface area contributed by atoms with Crippen molar-refractivity contribution in [1.29, 1.82) is 0 Å². The van der Waals surface area contributed by atoms with Crippen molar-refractivity contribution in [3.05, 3.63) is 6.33 Å². The summed E-state index contributed by atoms with van der Waals surface area (Å²) >= 11 is 0. The van der Waals surface area contributed by atoms with E-state index >= 15 is 0 Å². The van der Waals surface area contributed by atoms with Gasteiger partial charge in [-0.3, -0.25) is 0 Å². The van der Waals surface area contributed by atoms with Gasteiger partial charge in [0, 0.05) is 0 Å². The van der Waals surface area contributed by atoms with Crippen LogP contribution in [0.2, 0.25) is 0 Å². The molecule has 0 aliphatic carbocycles. The van der Waals surface area contributed by atoms with Crippen LogP contribution in [0, 0.1) is 0 Å². The van der Waals surface area contributed by atoms with Gasteiger partial charge in [0.1, 0.15) is 6.33 Å². The van der Waals surface area contributed by atoms with Gasteiger partial charge in [0.2, 0.25) is 11.8 Å². The Hall–Kier alpha value is -1.52. The Labute approximate surface area is 83.3 Å². The average Bonchev–Trinajstić information content (AvgIpc) is 2.20. The molecule has 0 bridgehead atoms. The maximum absolute atomic E-state index is 5.74. The van der Waals surface area contributed by atoms with Crippen molar-refractivity contribution in [1.82, 2.24) is 9.97 Å². The molecule has 1 rings (SSSR count). The van der Waals surface area contributed by atoms with E-state index in [1.165, 1.54) is 6.33 Å². The summed E-state index contributed by atoms with van der Waals surface area (Å²) in [5, 5.41) is 0. The number of hydrogen-bond acceptors (Lipinski definition) is 5. The minimum atomic E-state index is 0.364. The molecule has 5 nitrogen and oxygen atoms in total. The Bertz CT molecular complexity index is 291. The van der Waals surface area contributed by atoms with E-state index in [1.807, 2.05) is 13.8 Å². The van der Waals surface area contributed by atoms with Crippen molar-refractivity contribution >= 4 is 5.69 Å². The Morgan fingerprint density at radius 1 is 1.21 bits per heavy atom. The second kappa shape index (κ2) is 5.26. The normalized spacial score (nSPS) is 9.86. The van der Waals surface area contributed by atoms with Crippen LogP contribution in [0.15, 0.2) is 6.33 Å². The lowest BCUT2D eigenvalue weighted by Crippen LogP contribution is -2.05. The summed E-state index contributed by atoms with van der Waals surface area (Å²) in [6, 6.07) is 0. The number of rotatable bonds is 5. The SMILES string of the molecule is CCCOc1ncnc(OCC)c1N. The summed E-state index contributed by atoms with van der Waals surface area (Å²) in [4.78, 5) is 7.82. The van der Waals surface area contributed by atoms with Gasteiger partial charge in [-0.25, -0.2) is 0 Å². The van der Waals surface area contributed by atoms with Gasteiger partial charge in [-0.15, -0.1) is 0 Å². The van der Waals surface area contributed by atoms with Crippen LogP contribution in [0.25, 0.3) is 0 Å². The number of aromatic nitrogens is 2. The van der Waals surface area contributed by atoms with Crippen molar-refractivity contribution in [3.63, 3.8) is 0 Å². The van der Waals surface area contributed by atoms with E-state index in [1.54, 1.807) is 0 Å². The lowest BCUT2D eigenvalue weighted by molar-refractivity contribution is 0.296. The van der Waals surface area contributed by atoms with Gasteiger partial charge in [0.05, 0.1) is 13.2 Å². The standard InChI is InChI=1S/C9H15N3O2/c1-3-5-14-9-7(10)8(13-4-2)11-6-12-9/h6H,3-5,10H2,1-2H3. The summed E-state index contributed by atoms with van der Waals surface area (Å²) in [6.45, 7) is 5.00. The topological polar surface area (TPSA) is 70.3 Å². The van der Waals surface area contributed by atoms with Crippen molar-refractivity contribution in [2.24, 2.45) is 0 Å². The molecular weight excluding hydrogens is 182 g/mol. The number of nitrogen functional groups attached to an aromatic ring is 1. The van der Waals surface area contributed by atoms with Gasteiger partial charge < -0.3 is 15.2 Å². The third kappa shape index (κ3) is 2.48. The fourth-order valence-corrected chi connectivity index (χ4v) is 0.930. The summed E-state index contributed by atoms with van der Waals surface area (Å²) in [5.74, 6) is 0.777. The summed E-state index contributed by atoms with van der Waals surface area (Å²) in [5.41, 5.74) is 6.10. The molecule has 1 aromatic heterocycles. The highest BCUT2D eigenvalue weighted by atomic mass is 16.5. The number of hydrogen-bond donors (Lipinski definition) is 1. The zero-order valence-corrected chi connectivity index (χ0v) is 8.49. The van der Waals surface area contributed by atoms with E-state index in [9.17, 15) is 0 Å². The monoisotopic (exact) mass is 197 g/mol. The zero-order chi connectivity index (χ0) is 10.4. The molecule has 0 aliphatic heterocycles. The molecule has 78 valence electrons. The van der Waals surface area contributed by atoms with E-state index in [-0.39, 0.29) is 0 Å². The Morgan fingerprint density at radius 2 is 1.86 bits per heavy atom. The van der Waals surface area contributed by atoms with E-state index < -0.39 is 0 Å². The van der Waals surface area contributed by atoms with Crippen molar-refractivity contribution in [2.75, 3.05) is 18.9 Å². The van der Waals surface area contributed by atoms with Crippen LogP contribution >= 0.6 is 0 Å². The molecule has 5 heteroatoms. The number of nitrogens with two attached hydrogens (primary N) is 1. The second-order valence-electron chi connectivity index (χ2n) is 2.68. The fraction of sp³-hybridized carbons (Fsp3) is 0.556. The Kier molecular flexibility index (Phi) is 3.97. The van der Waals surface area contributed by atoms with Crippen LogP contribution < -0.4 is 15.2 Å².